The lowest BCUT2D eigenvalue weighted by atomic mass is 10.2. The van der Waals surface area contributed by atoms with E-state index in [0.717, 1.165) is 42.7 Å². The topological polar surface area (TPSA) is 85.6 Å². The molecule has 1 aromatic heterocycles. The van der Waals surface area contributed by atoms with Crippen LogP contribution in [0.4, 0.5) is 23.2 Å². The van der Waals surface area contributed by atoms with Gasteiger partial charge < -0.3 is 14.5 Å². The molecule has 0 atom stereocenters. The van der Waals surface area contributed by atoms with Crippen LogP contribution in [0.2, 0.25) is 0 Å². The number of alkyl halides is 3. The van der Waals surface area contributed by atoms with E-state index in [9.17, 15) is 30.8 Å². The largest absolute Gasteiger partial charge is 0.454 e. The minimum absolute atomic E-state index is 0.0498. The van der Waals surface area contributed by atoms with E-state index in [1.807, 2.05) is 0 Å². The molecule has 1 N–H and O–H groups in total. The van der Waals surface area contributed by atoms with Gasteiger partial charge in [-0.1, -0.05) is 12.1 Å². The first-order valence-electron chi connectivity index (χ1n) is 8.20. The molecular weight excluding hydrogens is 430 g/mol. The highest BCUT2D eigenvalue weighted by Crippen LogP contribution is 2.38. The average molecular weight is 443 g/mol. The fourth-order valence-corrected chi connectivity index (χ4v) is 2.96. The maximum atomic E-state index is 14.3. The number of carbonyl (C=O) groups excluding carboxylic acids is 1. The number of furan rings is 1. The second-order valence-electron chi connectivity index (χ2n) is 6.09. The van der Waals surface area contributed by atoms with Crippen LogP contribution in [0, 0.1) is 5.82 Å². The lowest BCUT2D eigenvalue weighted by Crippen LogP contribution is -2.11. The number of para-hydroxylation sites is 1. The molecule has 0 spiro atoms. The van der Waals surface area contributed by atoms with E-state index < -0.39 is 49.9 Å². The molecule has 0 saturated carbocycles. The number of nitrogens with one attached hydrogen (secondary N) is 1. The van der Waals surface area contributed by atoms with Gasteiger partial charge in [-0.15, -0.1) is 0 Å². The van der Waals surface area contributed by atoms with Gasteiger partial charge in [0.1, 0.15) is 5.75 Å². The molecule has 0 bridgehead atoms. The monoisotopic (exact) mass is 443 g/mol. The molecule has 0 aliphatic carbocycles. The fraction of sp³-hybridized carbons (Fsp3) is 0.105. The van der Waals surface area contributed by atoms with E-state index in [1.54, 1.807) is 0 Å². The summed E-state index contributed by atoms with van der Waals surface area (Å²) in [5.41, 5.74) is -1.12. The Morgan fingerprint density at radius 3 is 2.33 bits per heavy atom. The third-order valence-corrected chi connectivity index (χ3v) is 4.72. The molecule has 6 nitrogen and oxygen atoms in total. The Morgan fingerprint density at radius 2 is 1.73 bits per heavy atom. The van der Waals surface area contributed by atoms with E-state index >= 15 is 0 Å². The average Bonchev–Trinajstić information content (AvgIpc) is 3.14. The van der Waals surface area contributed by atoms with Crippen LogP contribution in [-0.4, -0.2) is 20.6 Å². The van der Waals surface area contributed by atoms with Gasteiger partial charge in [-0.2, -0.15) is 13.2 Å². The summed E-state index contributed by atoms with van der Waals surface area (Å²) in [4.78, 5) is 12.1. The number of anilines is 1. The molecular formula is C19H13F4NO5S. The SMILES string of the molecule is CS(=O)(=O)c1ccc(C(=O)Nc2ccc(Oc3ccccc3C(F)(F)F)c(F)c2)o1. The van der Waals surface area contributed by atoms with E-state index in [4.69, 9.17) is 9.15 Å². The number of hydrogen-bond donors (Lipinski definition) is 1. The Balaban J connectivity index is 1.78. The van der Waals surface area contributed by atoms with Crippen LogP contribution in [0.1, 0.15) is 16.1 Å². The molecule has 1 heterocycles. The van der Waals surface area contributed by atoms with Gasteiger partial charge in [-0.3, -0.25) is 4.79 Å². The van der Waals surface area contributed by atoms with Crippen LogP contribution in [0.25, 0.3) is 0 Å². The van der Waals surface area contributed by atoms with Crippen LogP contribution < -0.4 is 10.1 Å². The van der Waals surface area contributed by atoms with Crippen molar-refractivity contribution in [1.82, 2.24) is 0 Å². The van der Waals surface area contributed by atoms with E-state index in [-0.39, 0.29) is 11.4 Å². The summed E-state index contributed by atoms with van der Waals surface area (Å²) in [7, 11) is -3.65. The lowest BCUT2D eigenvalue weighted by molar-refractivity contribution is -0.138. The molecule has 1 amide bonds. The van der Waals surface area contributed by atoms with Gasteiger partial charge >= 0.3 is 6.18 Å². The Morgan fingerprint density at radius 1 is 1.03 bits per heavy atom. The van der Waals surface area contributed by atoms with E-state index in [1.165, 1.54) is 18.2 Å². The lowest BCUT2D eigenvalue weighted by Gasteiger charge is -2.14. The van der Waals surface area contributed by atoms with Crippen molar-refractivity contribution in [1.29, 1.82) is 0 Å². The van der Waals surface area contributed by atoms with Crippen molar-refractivity contribution in [2.75, 3.05) is 11.6 Å². The van der Waals surface area contributed by atoms with Crippen molar-refractivity contribution in [2.24, 2.45) is 0 Å². The second-order valence-corrected chi connectivity index (χ2v) is 8.03. The number of ether oxygens (including phenoxy) is 1. The van der Waals surface area contributed by atoms with Crippen molar-refractivity contribution in [3.8, 4) is 11.5 Å². The molecule has 0 fully saturated rings. The molecule has 30 heavy (non-hydrogen) atoms. The summed E-state index contributed by atoms with van der Waals surface area (Å²) in [5.74, 6) is -3.26. The zero-order valence-corrected chi connectivity index (χ0v) is 16.0. The smallest absolute Gasteiger partial charge is 0.419 e. The van der Waals surface area contributed by atoms with E-state index in [0.29, 0.717) is 0 Å². The summed E-state index contributed by atoms with van der Waals surface area (Å²) in [6.45, 7) is 0. The Bertz CT molecular complexity index is 1200. The number of halogens is 4. The third kappa shape index (κ3) is 4.79. The van der Waals surface area contributed by atoms with Crippen molar-refractivity contribution < 1.29 is 39.9 Å². The zero-order valence-electron chi connectivity index (χ0n) is 15.2. The zero-order chi connectivity index (χ0) is 22.1. The number of benzene rings is 2. The third-order valence-electron chi connectivity index (χ3n) is 3.77. The van der Waals surface area contributed by atoms with Crippen molar-refractivity contribution in [3.63, 3.8) is 0 Å². The van der Waals surface area contributed by atoms with Gasteiger partial charge in [0.2, 0.25) is 14.9 Å². The molecule has 3 rings (SSSR count). The standard InChI is InChI=1S/C19H13F4NO5S/c1-30(26,27)17-9-8-16(29-17)18(25)24-11-6-7-15(13(20)10-11)28-14-5-3-2-4-12(14)19(21,22)23/h2-10H,1H3,(H,24,25). The van der Waals surface area contributed by atoms with Gasteiger partial charge in [-0.05, 0) is 36.4 Å². The minimum Gasteiger partial charge on any atom is -0.454 e. The summed E-state index contributed by atoms with van der Waals surface area (Å²) < 4.78 is 86.2. The fourth-order valence-electron chi connectivity index (χ4n) is 2.40. The molecule has 2 aromatic carbocycles. The summed E-state index contributed by atoms with van der Waals surface area (Å²) in [5, 5.41) is 1.88. The van der Waals surface area contributed by atoms with Gasteiger partial charge in [-0.25, -0.2) is 12.8 Å². The van der Waals surface area contributed by atoms with Crippen LogP contribution in [-0.2, 0) is 16.0 Å². The van der Waals surface area contributed by atoms with Gasteiger partial charge in [0.25, 0.3) is 5.91 Å². The van der Waals surface area contributed by atoms with Crippen molar-refractivity contribution in [2.45, 2.75) is 11.3 Å². The Hall–Kier alpha value is -3.34. The molecule has 0 radical (unpaired) electrons. The summed E-state index contributed by atoms with van der Waals surface area (Å²) in [6.07, 6.45) is -3.78. The van der Waals surface area contributed by atoms with Gasteiger partial charge in [0, 0.05) is 18.0 Å². The first-order chi connectivity index (χ1) is 13.9. The van der Waals surface area contributed by atoms with Crippen LogP contribution >= 0.6 is 0 Å². The summed E-state index contributed by atoms with van der Waals surface area (Å²) in [6, 6.07) is 9.65. The first kappa shape index (κ1) is 21.4. The van der Waals surface area contributed by atoms with Crippen molar-refractivity contribution in [3.05, 3.63) is 71.7 Å². The van der Waals surface area contributed by atoms with Crippen LogP contribution in [0.5, 0.6) is 11.5 Å². The van der Waals surface area contributed by atoms with Crippen LogP contribution in [0.15, 0.2) is 64.1 Å². The van der Waals surface area contributed by atoms with Crippen LogP contribution in [0.3, 0.4) is 0 Å². The normalized spacial score (nSPS) is 11.9. The number of rotatable bonds is 5. The quantitative estimate of drug-likeness (QED) is 0.568. The second kappa shape index (κ2) is 7.82. The summed E-state index contributed by atoms with van der Waals surface area (Å²) >= 11 is 0. The molecule has 158 valence electrons. The minimum atomic E-state index is -4.69. The maximum Gasteiger partial charge on any atom is 0.419 e. The van der Waals surface area contributed by atoms with Gasteiger partial charge in [0.15, 0.2) is 17.3 Å². The molecule has 0 unspecified atom stereocenters. The molecule has 0 saturated heterocycles. The number of sulfone groups is 1. The van der Waals surface area contributed by atoms with Gasteiger partial charge in [0.05, 0.1) is 5.56 Å². The van der Waals surface area contributed by atoms with Crippen molar-refractivity contribution >= 4 is 21.4 Å². The molecule has 11 heteroatoms. The van der Waals surface area contributed by atoms with E-state index in [2.05, 4.69) is 5.32 Å². The molecule has 0 aliphatic rings. The number of hydrogen-bond acceptors (Lipinski definition) is 5. The maximum absolute atomic E-state index is 14.3. The highest BCUT2D eigenvalue weighted by atomic mass is 32.2. The predicted molar refractivity (Wildman–Crippen MR) is 97.7 cm³/mol. The Labute approximate surface area is 168 Å². The molecule has 0 aliphatic heterocycles. The predicted octanol–water partition coefficient (Wildman–Crippen LogP) is 4.89. The molecule has 3 aromatic rings. The Kier molecular flexibility index (Phi) is 5.57. The number of carbonyl (C=O) groups is 1. The first-order valence-corrected chi connectivity index (χ1v) is 10.1. The highest BCUT2D eigenvalue weighted by Gasteiger charge is 2.34. The highest BCUT2D eigenvalue weighted by molar-refractivity contribution is 7.90. The number of amides is 1.